The molecule has 2 rings (SSSR count). The van der Waals surface area contributed by atoms with E-state index in [4.69, 9.17) is 4.74 Å². The van der Waals surface area contributed by atoms with Crippen LogP contribution in [0.4, 0.5) is 0 Å². The van der Waals surface area contributed by atoms with Crippen LogP contribution in [0.3, 0.4) is 0 Å². The van der Waals surface area contributed by atoms with E-state index < -0.39 is 0 Å². The van der Waals surface area contributed by atoms with Gasteiger partial charge in [0.05, 0.1) is 6.10 Å². The zero-order chi connectivity index (χ0) is 7.03. The summed E-state index contributed by atoms with van der Waals surface area (Å²) in [6, 6.07) is 0. The van der Waals surface area contributed by atoms with Crippen LogP contribution in [-0.4, -0.2) is 11.7 Å². The summed E-state index contributed by atoms with van der Waals surface area (Å²) in [7, 11) is 0. The van der Waals surface area contributed by atoms with Crippen molar-refractivity contribution in [2.75, 3.05) is 0 Å². The predicted octanol–water partition coefficient (Wildman–Crippen LogP) is 1.72. The van der Waals surface area contributed by atoms with Crippen LogP contribution in [0.5, 0.6) is 0 Å². The van der Waals surface area contributed by atoms with Gasteiger partial charge in [0.25, 0.3) is 0 Å². The molecule has 1 saturated heterocycles. The average Bonchev–Trinajstić information content (AvgIpc) is 2.62. The zero-order valence-electron chi connectivity index (χ0n) is 6.31. The summed E-state index contributed by atoms with van der Waals surface area (Å²) in [4.78, 5) is 0. The van der Waals surface area contributed by atoms with E-state index >= 15 is 0 Å². The van der Waals surface area contributed by atoms with E-state index in [1.54, 1.807) is 0 Å². The highest BCUT2D eigenvalue weighted by Gasteiger charge is 2.56. The molecule has 1 aliphatic carbocycles. The summed E-state index contributed by atoms with van der Waals surface area (Å²) in [5.41, 5.74) is 0.0347. The Hall–Kier alpha value is -0.480. The van der Waals surface area contributed by atoms with Gasteiger partial charge in [-0.3, -0.25) is 0 Å². The molecule has 1 saturated carbocycles. The molecular weight excluding hydrogens is 124 g/mol. The van der Waals surface area contributed by atoms with E-state index in [1.165, 1.54) is 25.7 Å². The van der Waals surface area contributed by atoms with Gasteiger partial charge in [-0.25, -0.2) is 0 Å². The number of fused-ring (bicyclic) bond motifs is 1. The van der Waals surface area contributed by atoms with Crippen molar-refractivity contribution in [2.45, 2.75) is 44.3 Å². The second-order valence-electron chi connectivity index (χ2n) is 3.12. The number of hydrogen-bond acceptors (Lipinski definition) is 1. The van der Waals surface area contributed by atoms with Gasteiger partial charge >= 0.3 is 0 Å². The molecule has 0 radical (unpaired) electrons. The van der Waals surface area contributed by atoms with Crippen LogP contribution < -0.4 is 0 Å². The Bertz CT molecular complexity index is 199. The highest BCUT2D eigenvalue weighted by molar-refractivity contribution is 5.25. The number of hydrogen-bond donors (Lipinski definition) is 0. The van der Waals surface area contributed by atoms with Crippen molar-refractivity contribution in [1.82, 2.24) is 0 Å². The molecule has 1 aliphatic heterocycles. The second-order valence-corrected chi connectivity index (χ2v) is 3.12. The number of ether oxygens (including phenoxy) is 1. The SMILES string of the molecule is CC#C[C@]12CCCCC1O2. The molecule has 1 unspecified atom stereocenters. The second kappa shape index (κ2) is 2.00. The Morgan fingerprint density at radius 3 is 3.10 bits per heavy atom. The van der Waals surface area contributed by atoms with Crippen molar-refractivity contribution >= 4 is 0 Å². The summed E-state index contributed by atoms with van der Waals surface area (Å²) in [5, 5.41) is 0. The fourth-order valence-corrected chi connectivity index (χ4v) is 1.83. The summed E-state index contributed by atoms with van der Waals surface area (Å²) >= 11 is 0. The van der Waals surface area contributed by atoms with Crippen molar-refractivity contribution in [2.24, 2.45) is 0 Å². The molecule has 0 amide bonds. The topological polar surface area (TPSA) is 12.5 Å². The molecule has 1 heterocycles. The average molecular weight is 136 g/mol. The molecule has 10 heavy (non-hydrogen) atoms. The summed E-state index contributed by atoms with van der Waals surface area (Å²) < 4.78 is 5.53. The van der Waals surface area contributed by atoms with Gasteiger partial charge in [-0.1, -0.05) is 12.3 Å². The Balaban J connectivity index is 2.09. The van der Waals surface area contributed by atoms with E-state index in [9.17, 15) is 0 Å². The smallest absolute Gasteiger partial charge is 0.155 e. The maximum Gasteiger partial charge on any atom is 0.155 e. The summed E-state index contributed by atoms with van der Waals surface area (Å²) in [6.45, 7) is 1.89. The molecule has 54 valence electrons. The largest absolute Gasteiger partial charge is 0.352 e. The van der Waals surface area contributed by atoms with Crippen molar-refractivity contribution in [3.05, 3.63) is 0 Å². The molecule has 0 aromatic heterocycles. The molecule has 0 bridgehead atoms. The van der Waals surface area contributed by atoms with Crippen LogP contribution in [0, 0.1) is 11.8 Å². The molecule has 0 aromatic rings. The molecule has 2 aliphatic rings. The van der Waals surface area contributed by atoms with Gasteiger partial charge in [0.1, 0.15) is 0 Å². The first kappa shape index (κ1) is 6.24. The first-order valence-corrected chi connectivity index (χ1v) is 3.99. The highest BCUT2D eigenvalue weighted by atomic mass is 16.6. The third-order valence-electron chi connectivity index (χ3n) is 2.42. The van der Waals surface area contributed by atoms with Gasteiger partial charge in [-0.2, -0.15) is 0 Å². The third kappa shape index (κ3) is 0.759. The summed E-state index contributed by atoms with van der Waals surface area (Å²) in [6.07, 6.45) is 5.52. The van der Waals surface area contributed by atoms with Gasteiger partial charge in [0.2, 0.25) is 0 Å². The fraction of sp³-hybridized carbons (Fsp3) is 0.778. The minimum absolute atomic E-state index is 0.0347. The summed E-state index contributed by atoms with van der Waals surface area (Å²) in [5.74, 6) is 6.11. The molecule has 2 fully saturated rings. The van der Waals surface area contributed by atoms with Crippen molar-refractivity contribution in [3.63, 3.8) is 0 Å². The van der Waals surface area contributed by atoms with Gasteiger partial charge in [0.15, 0.2) is 5.60 Å². The first-order valence-electron chi connectivity index (χ1n) is 3.99. The first-order chi connectivity index (χ1) is 4.87. The van der Waals surface area contributed by atoms with E-state index in [-0.39, 0.29) is 5.60 Å². The lowest BCUT2D eigenvalue weighted by molar-refractivity contribution is 0.336. The standard InChI is InChI=1S/C9H12O/c1-2-6-9-7-4-3-5-8(9)10-9/h8H,3-5,7H2,1H3/t8?,9-/m0/s1. The van der Waals surface area contributed by atoms with Crippen molar-refractivity contribution in [1.29, 1.82) is 0 Å². The van der Waals surface area contributed by atoms with E-state index in [0.29, 0.717) is 6.10 Å². The minimum atomic E-state index is 0.0347. The van der Waals surface area contributed by atoms with Crippen LogP contribution in [0.25, 0.3) is 0 Å². The molecule has 2 atom stereocenters. The Labute approximate surface area is 61.8 Å². The van der Waals surface area contributed by atoms with Gasteiger partial charge in [-0.05, 0) is 26.2 Å². The minimum Gasteiger partial charge on any atom is -0.352 e. The van der Waals surface area contributed by atoms with E-state index in [2.05, 4.69) is 11.8 Å². The monoisotopic (exact) mass is 136 g/mol. The lowest BCUT2D eigenvalue weighted by Gasteiger charge is -2.09. The normalized spacial score (nSPS) is 43.1. The van der Waals surface area contributed by atoms with Crippen LogP contribution in [-0.2, 0) is 4.74 Å². The fourth-order valence-electron chi connectivity index (χ4n) is 1.83. The number of epoxide rings is 1. The van der Waals surface area contributed by atoms with Crippen molar-refractivity contribution in [3.8, 4) is 11.8 Å². The molecule has 0 spiro atoms. The highest BCUT2D eigenvalue weighted by Crippen LogP contribution is 2.47. The third-order valence-corrected chi connectivity index (χ3v) is 2.42. The molecular formula is C9H12O. The van der Waals surface area contributed by atoms with E-state index in [1.807, 2.05) is 6.92 Å². The Kier molecular flexibility index (Phi) is 1.25. The van der Waals surface area contributed by atoms with Gasteiger partial charge in [-0.15, -0.1) is 5.92 Å². The molecule has 1 heteroatoms. The van der Waals surface area contributed by atoms with Crippen LogP contribution >= 0.6 is 0 Å². The predicted molar refractivity (Wildman–Crippen MR) is 39.5 cm³/mol. The van der Waals surface area contributed by atoms with Crippen molar-refractivity contribution < 1.29 is 4.74 Å². The maximum absolute atomic E-state index is 5.53. The Morgan fingerprint density at radius 1 is 1.50 bits per heavy atom. The number of rotatable bonds is 0. The Morgan fingerprint density at radius 2 is 2.40 bits per heavy atom. The quantitative estimate of drug-likeness (QED) is 0.365. The van der Waals surface area contributed by atoms with Crippen LogP contribution in [0.1, 0.15) is 32.6 Å². The van der Waals surface area contributed by atoms with Gasteiger partial charge < -0.3 is 4.74 Å². The van der Waals surface area contributed by atoms with Crippen LogP contribution in [0.2, 0.25) is 0 Å². The van der Waals surface area contributed by atoms with Gasteiger partial charge in [0, 0.05) is 0 Å². The van der Waals surface area contributed by atoms with E-state index in [0.717, 1.165) is 0 Å². The molecule has 1 nitrogen and oxygen atoms in total. The lowest BCUT2D eigenvalue weighted by Crippen LogP contribution is -2.16. The van der Waals surface area contributed by atoms with Crippen LogP contribution in [0.15, 0.2) is 0 Å². The maximum atomic E-state index is 5.53. The lowest BCUT2D eigenvalue weighted by atomic mass is 9.90. The molecule has 0 N–H and O–H groups in total. The molecule has 0 aromatic carbocycles. The zero-order valence-corrected chi connectivity index (χ0v) is 6.31.